The van der Waals surface area contributed by atoms with Gasteiger partial charge in [0.25, 0.3) is 5.91 Å². The minimum absolute atomic E-state index is 0.0168. The van der Waals surface area contributed by atoms with Crippen LogP contribution in [0.4, 0.5) is 10.1 Å². The molecule has 1 aromatic carbocycles. The number of nitrogens with zero attached hydrogens (tertiary/aromatic N) is 3. The molecule has 1 aliphatic heterocycles. The SMILES string of the molecule is CNNC(=O)c1ccc(CN(c2cccc(Cl)c2)S(=O)(=O)C2CCN(C3CC(F)C3)CC2)nc1. The summed E-state index contributed by atoms with van der Waals surface area (Å²) in [6.07, 6.45) is 2.75. The van der Waals surface area contributed by atoms with E-state index in [4.69, 9.17) is 11.6 Å². The third kappa shape index (κ3) is 5.51. The molecular weight excluding hydrogens is 481 g/mol. The molecule has 2 heterocycles. The molecular formula is C23H29ClFN5O3S. The Labute approximate surface area is 204 Å². The highest BCUT2D eigenvalue weighted by Gasteiger charge is 2.40. The maximum Gasteiger partial charge on any atom is 0.266 e. The van der Waals surface area contributed by atoms with Gasteiger partial charge in [-0.3, -0.25) is 19.5 Å². The first kappa shape index (κ1) is 24.8. The zero-order valence-corrected chi connectivity index (χ0v) is 20.5. The van der Waals surface area contributed by atoms with Crippen molar-refractivity contribution < 1.29 is 17.6 Å². The van der Waals surface area contributed by atoms with Gasteiger partial charge < -0.3 is 4.90 Å². The predicted octanol–water partition coefficient (Wildman–Crippen LogP) is 2.90. The number of pyridine rings is 1. The Morgan fingerprint density at radius 3 is 2.56 bits per heavy atom. The number of hydrogen-bond donors (Lipinski definition) is 2. The van der Waals surface area contributed by atoms with E-state index in [0.717, 1.165) is 0 Å². The number of hydrazine groups is 1. The molecule has 2 aliphatic rings. The lowest BCUT2D eigenvalue weighted by Gasteiger charge is -2.43. The summed E-state index contributed by atoms with van der Waals surface area (Å²) < 4.78 is 42.2. The van der Waals surface area contributed by atoms with Crippen LogP contribution in [-0.4, -0.2) is 61.8 Å². The number of halogens is 2. The number of likely N-dealkylation sites (tertiary alicyclic amines) is 1. The van der Waals surface area contributed by atoms with Crippen LogP contribution in [0.5, 0.6) is 0 Å². The van der Waals surface area contributed by atoms with Crippen LogP contribution in [0.2, 0.25) is 5.02 Å². The lowest BCUT2D eigenvalue weighted by Crippen LogP contribution is -2.52. The molecule has 0 radical (unpaired) electrons. The summed E-state index contributed by atoms with van der Waals surface area (Å²) in [5.41, 5.74) is 6.36. The Morgan fingerprint density at radius 1 is 1.24 bits per heavy atom. The highest BCUT2D eigenvalue weighted by Crippen LogP contribution is 2.33. The van der Waals surface area contributed by atoms with Crippen molar-refractivity contribution in [3.63, 3.8) is 0 Å². The molecule has 0 unspecified atom stereocenters. The molecule has 0 spiro atoms. The number of aromatic nitrogens is 1. The van der Waals surface area contributed by atoms with Crippen LogP contribution in [0.3, 0.4) is 0 Å². The minimum atomic E-state index is -3.73. The summed E-state index contributed by atoms with van der Waals surface area (Å²) >= 11 is 6.18. The van der Waals surface area contributed by atoms with E-state index in [2.05, 4.69) is 20.7 Å². The number of carbonyl (C=O) groups excluding carboxylic acids is 1. The van der Waals surface area contributed by atoms with Crippen LogP contribution >= 0.6 is 11.6 Å². The van der Waals surface area contributed by atoms with Crippen LogP contribution in [0, 0.1) is 0 Å². The van der Waals surface area contributed by atoms with E-state index in [1.807, 2.05) is 0 Å². The first-order valence-electron chi connectivity index (χ1n) is 11.3. The summed E-state index contributed by atoms with van der Waals surface area (Å²) in [6.45, 7) is 1.29. The van der Waals surface area contributed by atoms with E-state index in [1.165, 1.54) is 10.5 Å². The fourth-order valence-corrected chi connectivity index (χ4v) is 6.55. The molecule has 2 fully saturated rings. The quantitative estimate of drug-likeness (QED) is 0.531. The number of alkyl halides is 1. The van der Waals surface area contributed by atoms with Gasteiger partial charge in [-0.25, -0.2) is 18.2 Å². The van der Waals surface area contributed by atoms with Gasteiger partial charge >= 0.3 is 0 Å². The molecule has 2 aromatic rings. The van der Waals surface area contributed by atoms with E-state index < -0.39 is 21.4 Å². The molecule has 11 heteroatoms. The number of nitrogens with one attached hydrogen (secondary N) is 2. The zero-order chi connectivity index (χ0) is 24.3. The van der Waals surface area contributed by atoms with Crippen molar-refractivity contribution in [2.45, 2.75) is 49.7 Å². The second-order valence-electron chi connectivity index (χ2n) is 8.73. The van der Waals surface area contributed by atoms with Gasteiger partial charge in [-0.2, -0.15) is 0 Å². The molecule has 4 rings (SSSR count). The number of hydrogen-bond acceptors (Lipinski definition) is 6. The topological polar surface area (TPSA) is 94.6 Å². The number of anilines is 1. The Hall–Kier alpha value is -2.27. The van der Waals surface area contributed by atoms with Crippen molar-refractivity contribution >= 4 is 33.2 Å². The predicted molar refractivity (Wildman–Crippen MR) is 130 cm³/mol. The molecule has 2 N–H and O–H groups in total. The fraction of sp³-hybridized carbons (Fsp3) is 0.478. The maximum absolute atomic E-state index is 13.8. The van der Waals surface area contributed by atoms with E-state index in [9.17, 15) is 17.6 Å². The van der Waals surface area contributed by atoms with Crippen LogP contribution in [-0.2, 0) is 16.6 Å². The Balaban J connectivity index is 1.53. The number of carbonyl (C=O) groups is 1. The third-order valence-corrected chi connectivity index (χ3v) is 9.01. The first-order valence-corrected chi connectivity index (χ1v) is 13.2. The second-order valence-corrected chi connectivity index (χ2v) is 11.3. The largest absolute Gasteiger partial charge is 0.300 e. The smallest absolute Gasteiger partial charge is 0.266 e. The zero-order valence-electron chi connectivity index (χ0n) is 19.0. The Morgan fingerprint density at radius 2 is 1.97 bits per heavy atom. The monoisotopic (exact) mass is 509 g/mol. The molecule has 1 saturated carbocycles. The standard InChI is InChI=1S/C23H29ClFN5O3S/c1-26-28-23(31)16-5-6-19(27-14-16)15-30(20-4-2-3-17(24)11-20)34(32,33)22-7-9-29(10-8-22)21-12-18(25)13-21/h2-6,11,14,18,21-22,26H,7-10,12-13,15H2,1H3,(H,28,31). The summed E-state index contributed by atoms with van der Waals surface area (Å²) in [4.78, 5) is 18.5. The molecule has 34 heavy (non-hydrogen) atoms. The van der Waals surface area contributed by atoms with E-state index >= 15 is 0 Å². The van der Waals surface area contributed by atoms with Crippen LogP contribution in [0.15, 0.2) is 42.6 Å². The third-order valence-electron chi connectivity index (χ3n) is 6.50. The van der Waals surface area contributed by atoms with Gasteiger partial charge in [-0.1, -0.05) is 17.7 Å². The van der Waals surface area contributed by atoms with E-state index in [-0.39, 0.29) is 18.5 Å². The number of rotatable bonds is 8. The van der Waals surface area contributed by atoms with Crippen molar-refractivity contribution in [3.05, 3.63) is 58.9 Å². The molecule has 1 aromatic heterocycles. The van der Waals surface area contributed by atoms with Crippen LogP contribution in [0.1, 0.15) is 41.7 Å². The Bertz CT molecular complexity index is 1100. The normalized spacial score (nSPS) is 21.6. The summed E-state index contributed by atoms with van der Waals surface area (Å²) in [6, 6.07) is 10.2. The van der Waals surface area contributed by atoms with Gasteiger partial charge in [-0.05, 0) is 69.1 Å². The van der Waals surface area contributed by atoms with E-state index in [0.29, 0.717) is 60.7 Å². The van der Waals surface area contributed by atoms with Crippen LogP contribution in [0.25, 0.3) is 0 Å². The summed E-state index contributed by atoms with van der Waals surface area (Å²) in [5.74, 6) is -0.335. The number of sulfonamides is 1. The molecule has 0 bridgehead atoms. The first-order chi connectivity index (χ1) is 16.3. The molecule has 8 nitrogen and oxygen atoms in total. The average molecular weight is 510 g/mol. The van der Waals surface area contributed by atoms with Gasteiger partial charge in [0.05, 0.1) is 28.7 Å². The number of amides is 1. The lowest BCUT2D eigenvalue weighted by atomic mass is 9.88. The number of piperidine rings is 1. The highest BCUT2D eigenvalue weighted by molar-refractivity contribution is 7.93. The molecule has 184 valence electrons. The maximum atomic E-state index is 13.8. The fourth-order valence-electron chi connectivity index (χ4n) is 4.48. The molecule has 1 saturated heterocycles. The van der Waals surface area contributed by atoms with Crippen molar-refractivity contribution in [1.82, 2.24) is 20.7 Å². The van der Waals surface area contributed by atoms with Crippen molar-refractivity contribution in [2.24, 2.45) is 0 Å². The van der Waals surface area contributed by atoms with Crippen LogP contribution < -0.4 is 15.2 Å². The van der Waals surface area contributed by atoms with Crippen molar-refractivity contribution in [3.8, 4) is 0 Å². The minimum Gasteiger partial charge on any atom is -0.300 e. The molecule has 1 aliphatic carbocycles. The van der Waals surface area contributed by atoms with Crippen molar-refractivity contribution in [1.29, 1.82) is 0 Å². The average Bonchev–Trinajstić information content (AvgIpc) is 2.81. The second kappa shape index (κ2) is 10.6. The molecule has 0 atom stereocenters. The van der Waals surface area contributed by atoms with Gasteiger partial charge in [-0.15, -0.1) is 0 Å². The van der Waals surface area contributed by atoms with Gasteiger partial charge in [0.1, 0.15) is 6.17 Å². The lowest BCUT2D eigenvalue weighted by molar-refractivity contribution is 0.0424. The van der Waals surface area contributed by atoms with Gasteiger partial charge in [0.15, 0.2) is 0 Å². The van der Waals surface area contributed by atoms with Gasteiger partial charge in [0.2, 0.25) is 10.0 Å². The summed E-state index contributed by atoms with van der Waals surface area (Å²) in [5, 5.41) is -0.116. The molecule has 1 amide bonds. The highest BCUT2D eigenvalue weighted by atomic mass is 35.5. The van der Waals surface area contributed by atoms with Crippen molar-refractivity contribution in [2.75, 3.05) is 24.4 Å². The van der Waals surface area contributed by atoms with E-state index in [1.54, 1.807) is 43.4 Å². The number of benzene rings is 1. The summed E-state index contributed by atoms with van der Waals surface area (Å²) in [7, 11) is -2.15. The van der Waals surface area contributed by atoms with Gasteiger partial charge in [0, 0.05) is 24.3 Å². The Kier molecular flexibility index (Phi) is 7.71.